The highest BCUT2D eigenvalue weighted by Crippen LogP contribution is 2.25. The van der Waals surface area contributed by atoms with Crippen LogP contribution in [0.2, 0.25) is 0 Å². The van der Waals surface area contributed by atoms with E-state index >= 15 is 0 Å². The molecule has 0 amide bonds. The maximum atomic E-state index is 5.48. The minimum atomic E-state index is 0.402. The van der Waals surface area contributed by atoms with Crippen molar-refractivity contribution < 1.29 is 4.74 Å². The first-order valence-electron chi connectivity index (χ1n) is 6.20. The molecule has 2 aromatic carbocycles. The lowest BCUT2D eigenvalue weighted by atomic mass is 9.93. The Morgan fingerprint density at radius 3 is 2.22 bits per heavy atom. The van der Waals surface area contributed by atoms with E-state index in [0.717, 1.165) is 5.75 Å². The molecule has 0 aliphatic rings. The van der Waals surface area contributed by atoms with Gasteiger partial charge in [-0.1, -0.05) is 62.0 Å². The second-order valence-corrected chi connectivity index (χ2v) is 4.30. The lowest BCUT2D eigenvalue weighted by molar-refractivity contribution is 0.363. The first kappa shape index (κ1) is 12.4. The van der Waals surface area contributed by atoms with Crippen LogP contribution in [0.5, 0.6) is 5.75 Å². The van der Waals surface area contributed by atoms with Gasteiger partial charge in [-0.15, -0.1) is 0 Å². The van der Waals surface area contributed by atoms with Crippen LogP contribution in [0.25, 0.3) is 0 Å². The fourth-order valence-electron chi connectivity index (χ4n) is 1.94. The summed E-state index contributed by atoms with van der Waals surface area (Å²) in [5.74, 6) is 1.29. The van der Waals surface area contributed by atoms with Crippen molar-refractivity contribution in [1.82, 2.24) is 0 Å². The summed E-state index contributed by atoms with van der Waals surface area (Å²) in [5.41, 5.74) is 2.63. The second kappa shape index (κ2) is 6.06. The molecule has 0 aliphatic heterocycles. The molecular weight excluding hydrogens is 220 g/mol. The predicted octanol–water partition coefficient (Wildman–Crippen LogP) is 4.40. The summed E-state index contributed by atoms with van der Waals surface area (Å²) >= 11 is 0. The Morgan fingerprint density at radius 2 is 1.61 bits per heavy atom. The summed E-state index contributed by atoms with van der Waals surface area (Å²) in [4.78, 5) is 0. The summed E-state index contributed by atoms with van der Waals surface area (Å²) in [6.07, 6.45) is 1.75. The quantitative estimate of drug-likeness (QED) is 0.701. The van der Waals surface area contributed by atoms with Crippen LogP contribution in [0, 0.1) is 0 Å². The smallest absolute Gasteiger partial charge is 0.119 e. The van der Waals surface area contributed by atoms with Gasteiger partial charge in [0.05, 0.1) is 0 Å². The number of ether oxygens (including phenoxy) is 1. The molecule has 0 radical (unpaired) electrons. The number of hydrogen-bond acceptors (Lipinski definition) is 1. The Morgan fingerprint density at radius 1 is 1.00 bits per heavy atom. The topological polar surface area (TPSA) is 9.23 Å². The van der Waals surface area contributed by atoms with Crippen molar-refractivity contribution in [3.8, 4) is 5.75 Å². The van der Waals surface area contributed by atoms with Gasteiger partial charge in [-0.2, -0.15) is 0 Å². The van der Waals surface area contributed by atoms with E-state index in [1.807, 2.05) is 18.2 Å². The van der Waals surface area contributed by atoms with Gasteiger partial charge < -0.3 is 4.74 Å². The molecule has 1 nitrogen and oxygen atoms in total. The molecule has 1 heteroatoms. The molecule has 18 heavy (non-hydrogen) atoms. The molecule has 0 aliphatic carbocycles. The Labute approximate surface area is 109 Å². The van der Waals surface area contributed by atoms with Gasteiger partial charge in [-0.25, -0.2) is 0 Å². The minimum Gasteiger partial charge on any atom is -0.490 e. The average molecular weight is 238 g/mol. The molecule has 1 atom stereocenters. The fourth-order valence-corrected chi connectivity index (χ4v) is 1.94. The fraction of sp³-hybridized carbons (Fsp3) is 0.176. The third-order valence-electron chi connectivity index (χ3n) is 3.05. The Bertz CT molecular complexity index is 485. The van der Waals surface area contributed by atoms with Crippen molar-refractivity contribution in [2.75, 3.05) is 6.61 Å². The van der Waals surface area contributed by atoms with Crippen LogP contribution >= 0.6 is 0 Å². The molecule has 0 saturated heterocycles. The minimum absolute atomic E-state index is 0.402. The van der Waals surface area contributed by atoms with Crippen molar-refractivity contribution in [1.29, 1.82) is 0 Å². The van der Waals surface area contributed by atoms with Crippen LogP contribution in [0.4, 0.5) is 0 Å². The standard InChI is InChI=1S/C17H18O/c1-3-13-18-17-11-9-16(10-12-17)14(2)15-7-5-4-6-8-15/h3-12,14H,1,13H2,2H3. The highest BCUT2D eigenvalue weighted by Gasteiger charge is 2.07. The van der Waals surface area contributed by atoms with Gasteiger partial charge in [0.2, 0.25) is 0 Å². The van der Waals surface area contributed by atoms with E-state index in [1.54, 1.807) is 6.08 Å². The van der Waals surface area contributed by atoms with Gasteiger partial charge in [-0.05, 0) is 23.3 Å². The first-order chi connectivity index (χ1) is 8.81. The highest BCUT2D eigenvalue weighted by atomic mass is 16.5. The summed E-state index contributed by atoms with van der Waals surface area (Å²) in [5, 5.41) is 0. The molecule has 0 aromatic heterocycles. The molecule has 0 bridgehead atoms. The molecule has 2 aromatic rings. The largest absolute Gasteiger partial charge is 0.490 e. The van der Waals surface area contributed by atoms with Gasteiger partial charge in [0.15, 0.2) is 0 Å². The van der Waals surface area contributed by atoms with E-state index in [-0.39, 0.29) is 0 Å². The van der Waals surface area contributed by atoms with Crippen LogP contribution < -0.4 is 4.74 Å². The lowest BCUT2D eigenvalue weighted by Gasteiger charge is -2.13. The maximum absolute atomic E-state index is 5.48. The van der Waals surface area contributed by atoms with Crippen LogP contribution in [0.3, 0.4) is 0 Å². The Kier molecular flexibility index (Phi) is 4.19. The Balaban J connectivity index is 2.12. The number of benzene rings is 2. The average Bonchev–Trinajstić information content (AvgIpc) is 2.46. The van der Waals surface area contributed by atoms with Gasteiger partial charge in [-0.3, -0.25) is 0 Å². The third-order valence-corrected chi connectivity index (χ3v) is 3.05. The zero-order valence-corrected chi connectivity index (χ0v) is 10.7. The van der Waals surface area contributed by atoms with E-state index in [0.29, 0.717) is 12.5 Å². The van der Waals surface area contributed by atoms with E-state index in [2.05, 4.69) is 49.9 Å². The highest BCUT2D eigenvalue weighted by molar-refractivity contribution is 5.35. The normalized spacial score (nSPS) is 11.8. The van der Waals surface area contributed by atoms with Crippen LogP contribution in [0.1, 0.15) is 24.0 Å². The molecule has 0 saturated carbocycles. The first-order valence-corrected chi connectivity index (χ1v) is 6.20. The summed E-state index contributed by atoms with van der Waals surface area (Å²) in [6, 6.07) is 18.8. The van der Waals surface area contributed by atoms with E-state index in [9.17, 15) is 0 Å². The Hall–Kier alpha value is -2.02. The van der Waals surface area contributed by atoms with Crippen LogP contribution in [-0.2, 0) is 0 Å². The van der Waals surface area contributed by atoms with Gasteiger partial charge in [0, 0.05) is 5.92 Å². The van der Waals surface area contributed by atoms with E-state index < -0.39 is 0 Å². The summed E-state index contributed by atoms with van der Waals surface area (Å²) in [7, 11) is 0. The van der Waals surface area contributed by atoms with Crippen molar-refractivity contribution >= 4 is 0 Å². The van der Waals surface area contributed by atoms with Crippen molar-refractivity contribution in [2.45, 2.75) is 12.8 Å². The molecular formula is C17H18O. The molecule has 92 valence electrons. The zero-order valence-electron chi connectivity index (χ0n) is 10.7. The third kappa shape index (κ3) is 3.01. The lowest BCUT2D eigenvalue weighted by Crippen LogP contribution is -1.97. The van der Waals surface area contributed by atoms with E-state index in [4.69, 9.17) is 4.74 Å². The predicted molar refractivity (Wildman–Crippen MR) is 76.1 cm³/mol. The van der Waals surface area contributed by atoms with Crippen LogP contribution in [-0.4, -0.2) is 6.61 Å². The van der Waals surface area contributed by atoms with Gasteiger partial charge in [0.25, 0.3) is 0 Å². The molecule has 2 rings (SSSR count). The molecule has 0 N–H and O–H groups in total. The van der Waals surface area contributed by atoms with Gasteiger partial charge in [0.1, 0.15) is 12.4 Å². The number of rotatable bonds is 5. The van der Waals surface area contributed by atoms with Crippen LogP contribution in [0.15, 0.2) is 67.3 Å². The van der Waals surface area contributed by atoms with Crippen molar-refractivity contribution in [2.24, 2.45) is 0 Å². The zero-order chi connectivity index (χ0) is 12.8. The monoisotopic (exact) mass is 238 g/mol. The number of hydrogen-bond donors (Lipinski definition) is 0. The second-order valence-electron chi connectivity index (χ2n) is 4.30. The molecule has 0 fully saturated rings. The molecule has 0 spiro atoms. The van der Waals surface area contributed by atoms with Crippen molar-refractivity contribution in [3.63, 3.8) is 0 Å². The van der Waals surface area contributed by atoms with Gasteiger partial charge >= 0.3 is 0 Å². The summed E-state index contributed by atoms with van der Waals surface area (Å²) in [6.45, 7) is 6.40. The molecule has 1 unspecified atom stereocenters. The van der Waals surface area contributed by atoms with E-state index in [1.165, 1.54) is 11.1 Å². The maximum Gasteiger partial charge on any atom is 0.119 e. The van der Waals surface area contributed by atoms with Crippen molar-refractivity contribution in [3.05, 3.63) is 78.4 Å². The molecule has 0 heterocycles. The SMILES string of the molecule is C=CCOc1ccc(C(C)c2ccccc2)cc1. The summed E-state index contributed by atoms with van der Waals surface area (Å²) < 4.78 is 5.48.